The summed E-state index contributed by atoms with van der Waals surface area (Å²) in [5.41, 5.74) is 1.20. The summed E-state index contributed by atoms with van der Waals surface area (Å²) in [6.45, 7) is 5.51. The monoisotopic (exact) mass is 449 g/mol. The number of nitrogens with one attached hydrogen (secondary N) is 2. The molecule has 1 aromatic heterocycles. The number of likely N-dealkylation sites (N-methyl/N-ethyl adjacent to an activating group) is 1. The Balaban J connectivity index is 1.34. The van der Waals surface area contributed by atoms with Crippen LogP contribution in [0.2, 0.25) is 0 Å². The van der Waals surface area contributed by atoms with Crippen molar-refractivity contribution in [2.24, 2.45) is 0 Å². The summed E-state index contributed by atoms with van der Waals surface area (Å²) in [4.78, 5) is 22.3. The number of amides is 1. The zero-order valence-electron chi connectivity index (χ0n) is 18.1. The van der Waals surface area contributed by atoms with Crippen molar-refractivity contribution in [1.29, 1.82) is 5.26 Å². The van der Waals surface area contributed by atoms with E-state index in [1.54, 1.807) is 11.8 Å². The Hall–Kier alpha value is -2.99. The Morgan fingerprint density at radius 1 is 1.16 bits per heavy atom. The summed E-state index contributed by atoms with van der Waals surface area (Å²) in [6.07, 6.45) is 0.236. The van der Waals surface area contributed by atoms with Crippen LogP contribution < -0.4 is 5.32 Å². The lowest BCUT2D eigenvalue weighted by molar-refractivity contribution is 0.130. The van der Waals surface area contributed by atoms with E-state index in [4.69, 9.17) is 4.74 Å². The number of aromatic nitrogens is 1. The van der Waals surface area contributed by atoms with Crippen LogP contribution >= 0.6 is 11.8 Å². The van der Waals surface area contributed by atoms with E-state index in [0.717, 1.165) is 59.8 Å². The number of hydrogen-bond donors (Lipinski definition) is 2. The first kappa shape index (κ1) is 22.2. The number of carbonyl (C=O) groups is 1. The lowest BCUT2D eigenvalue weighted by Gasteiger charge is -2.32. The van der Waals surface area contributed by atoms with Gasteiger partial charge < -0.3 is 19.5 Å². The van der Waals surface area contributed by atoms with Crippen LogP contribution in [-0.4, -0.2) is 67.3 Å². The molecule has 4 rings (SSSR count). The lowest BCUT2D eigenvalue weighted by Crippen LogP contribution is -2.44. The maximum absolute atomic E-state index is 12.3. The van der Waals surface area contributed by atoms with E-state index >= 15 is 0 Å². The van der Waals surface area contributed by atoms with Gasteiger partial charge in [-0.2, -0.15) is 5.26 Å². The molecule has 2 N–H and O–H groups in total. The molecule has 2 heterocycles. The van der Waals surface area contributed by atoms with Gasteiger partial charge >= 0.3 is 6.09 Å². The Morgan fingerprint density at radius 3 is 2.69 bits per heavy atom. The van der Waals surface area contributed by atoms with Crippen molar-refractivity contribution in [3.63, 3.8) is 0 Å². The van der Waals surface area contributed by atoms with E-state index in [2.05, 4.69) is 33.2 Å². The number of aromatic amines is 1. The van der Waals surface area contributed by atoms with Crippen molar-refractivity contribution in [2.75, 3.05) is 51.7 Å². The highest BCUT2D eigenvalue weighted by atomic mass is 32.2. The molecule has 1 aliphatic heterocycles. The van der Waals surface area contributed by atoms with E-state index in [-0.39, 0.29) is 0 Å². The van der Waals surface area contributed by atoms with Crippen LogP contribution in [-0.2, 0) is 4.74 Å². The van der Waals surface area contributed by atoms with Crippen LogP contribution in [0.1, 0.15) is 12.0 Å². The van der Waals surface area contributed by atoms with Gasteiger partial charge in [0.15, 0.2) is 0 Å². The standard InChI is InChI=1S/C24H27N5O2S/c1-28-11-13-29(14-12-28)10-5-15-31-24(30)27-23-21(17-25)20-16-19(8-9-22(20)26-23)32-18-6-3-2-4-7-18/h2-4,6-9,16,26H,5,10-15H2,1H3,(H,27,30). The zero-order chi connectivity index (χ0) is 22.3. The van der Waals surface area contributed by atoms with Gasteiger partial charge in [0.05, 0.1) is 6.61 Å². The van der Waals surface area contributed by atoms with Crippen molar-refractivity contribution in [3.05, 3.63) is 54.1 Å². The molecule has 0 unspecified atom stereocenters. The van der Waals surface area contributed by atoms with Gasteiger partial charge in [-0.3, -0.25) is 5.32 Å². The Labute approximate surface area is 192 Å². The van der Waals surface area contributed by atoms with E-state index in [1.807, 2.05) is 48.5 Å². The molecule has 1 fully saturated rings. The largest absolute Gasteiger partial charge is 0.449 e. The Morgan fingerprint density at radius 2 is 1.94 bits per heavy atom. The molecule has 0 bridgehead atoms. The number of benzene rings is 2. The van der Waals surface area contributed by atoms with Gasteiger partial charge in [0.2, 0.25) is 0 Å². The fourth-order valence-corrected chi connectivity index (χ4v) is 4.61. The van der Waals surface area contributed by atoms with E-state index in [0.29, 0.717) is 18.0 Å². The molecule has 8 heteroatoms. The fraction of sp³-hybridized carbons (Fsp3) is 0.333. The minimum atomic E-state index is -0.551. The van der Waals surface area contributed by atoms with Gasteiger partial charge in [-0.1, -0.05) is 30.0 Å². The molecule has 3 aromatic rings. The molecule has 2 aromatic carbocycles. The normalized spacial score (nSPS) is 14.9. The highest BCUT2D eigenvalue weighted by Gasteiger charge is 2.16. The van der Waals surface area contributed by atoms with Gasteiger partial charge in [0.1, 0.15) is 17.5 Å². The number of nitriles is 1. The number of rotatable bonds is 7. The van der Waals surface area contributed by atoms with Crippen LogP contribution in [0.25, 0.3) is 10.9 Å². The van der Waals surface area contributed by atoms with Gasteiger partial charge in [-0.15, -0.1) is 0 Å². The average molecular weight is 450 g/mol. The van der Waals surface area contributed by atoms with E-state index in [1.165, 1.54) is 0 Å². The van der Waals surface area contributed by atoms with Crippen LogP contribution in [0.3, 0.4) is 0 Å². The topological polar surface area (TPSA) is 84.4 Å². The lowest BCUT2D eigenvalue weighted by atomic mass is 10.2. The van der Waals surface area contributed by atoms with Gasteiger partial charge in [-0.25, -0.2) is 4.79 Å². The van der Waals surface area contributed by atoms with Gasteiger partial charge in [0, 0.05) is 53.4 Å². The van der Waals surface area contributed by atoms with Crippen molar-refractivity contribution in [1.82, 2.24) is 14.8 Å². The maximum atomic E-state index is 12.3. The van der Waals surface area contributed by atoms with Crippen molar-refractivity contribution >= 4 is 34.6 Å². The molecule has 0 radical (unpaired) electrons. The Bertz CT molecular complexity index is 1100. The van der Waals surface area contributed by atoms with Crippen LogP contribution in [0.5, 0.6) is 0 Å². The number of nitrogens with zero attached hydrogens (tertiary/aromatic N) is 3. The molecule has 0 aliphatic carbocycles. The maximum Gasteiger partial charge on any atom is 0.412 e. The van der Waals surface area contributed by atoms with E-state index in [9.17, 15) is 10.1 Å². The van der Waals surface area contributed by atoms with Crippen LogP contribution in [0, 0.1) is 11.3 Å². The van der Waals surface area contributed by atoms with Crippen molar-refractivity contribution < 1.29 is 9.53 Å². The molecule has 0 spiro atoms. The molecule has 1 saturated heterocycles. The molecule has 0 atom stereocenters. The highest BCUT2D eigenvalue weighted by Crippen LogP contribution is 2.33. The van der Waals surface area contributed by atoms with Crippen LogP contribution in [0.4, 0.5) is 10.6 Å². The number of fused-ring (bicyclic) bond motifs is 1. The molecular weight excluding hydrogens is 422 g/mol. The molecule has 166 valence electrons. The minimum Gasteiger partial charge on any atom is -0.449 e. The smallest absolute Gasteiger partial charge is 0.412 e. The van der Waals surface area contributed by atoms with Gasteiger partial charge in [0.25, 0.3) is 0 Å². The number of ether oxygens (including phenoxy) is 1. The fourth-order valence-electron chi connectivity index (χ4n) is 3.73. The average Bonchev–Trinajstić information content (AvgIpc) is 3.14. The third-order valence-electron chi connectivity index (χ3n) is 5.54. The Kier molecular flexibility index (Phi) is 7.32. The summed E-state index contributed by atoms with van der Waals surface area (Å²) in [7, 11) is 2.13. The molecule has 1 aliphatic rings. The molecule has 1 amide bonds. The second-order valence-electron chi connectivity index (χ2n) is 7.87. The predicted molar refractivity (Wildman–Crippen MR) is 127 cm³/mol. The summed E-state index contributed by atoms with van der Waals surface area (Å²) in [6, 6.07) is 18.2. The van der Waals surface area contributed by atoms with Gasteiger partial charge in [-0.05, 0) is 43.8 Å². The third kappa shape index (κ3) is 5.62. The third-order valence-corrected chi connectivity index (χ3v) is 6.53. The number of H-pyrrole nitrogens is 1. The number of anilines is 1. The second-order valence-corrected chi connectivity index (χ2v) is 9.02. The summed E-state index contributed by atoms with van der Waals surface area (Å²) in [5.74, 6) is 0.369. The highest BCUT2D eigenvalue weighted by molar-refractivity contribution is 7.99. The number of carbonyl (C=O) groups excluding carboxylic acids is 1. The van der Waals surface area contributed by atoms with E-state index < -0.39 is 6.09 Å². The first-order chi connectivity index (χ1) is 15.6. The molecular formula is C24H27N5O2S. The van der Waals surface area contributed by atoms with Crippen LogP contribution in [0.15, 0.2) is 58.3 Å². The quantitative estimate of drug-likeness (QED) is 0.521. The second kappa shape index (κ2) is 10.6. The minimum absolute atomic E-state index is 0.345. The van der Waals surface area contributed by atoms with Crippen molar-refractivity contribution in [2.45, 2.75) is 16.2 Å². The first-order valence-corrected chi connectivity index (χ1v) is 11.6. The SMILES string of the molecule is CN1CCN(CCCOC(=O)Nc2[nH]c3ccc(Sc4ccccc4)cc3c2C#N)CC1. The predicted octanol–water partition coefficient (Wildman–Crippen LogP) is 4.38. The summed E-state index contributed by atoms with van der Waals surface area (Å²) >= 11 is 1.63. The number of piperazine rings is 1. The summed E-state index contributed by atoms with van der Waals surface area (Å²) in [5, 5.41) is 13.2. The summed E-state index contributed by atoms with van der Waals surface area (Å²) < 4.78 is 5.34. The van der Waals surface area contributed by atoms with Crippen molar-refractivity contribution in [3.8, 4) is 6.07 Å². The number of hydrogen-bond acceptors (Lipinski definition) is 6. The molecule has 7 nitrogen and oxygen atoms in total. The first-order valence-electron chi connectivity index (χ1n) is 10.8. The molecule has 0 saturated carbocycles. The molecule has 32 heavy (non-hydrogen) atoms. The zero-order valence-corrected chi connectivity index (χ0v) is 19.0.